The predicted octanol–water partition coefficient (Wildman–Crippen LogP) is 12.2. The van der Waals surface area contributed by atoms with Crippen LogP contribution in [-0.4, -0.2) is 9.55 Å². The van der Waals surface area contributed by atoms with Crippen LogP contribution in [0.2, 0.25) is 0 Å². The zero-order valence-electron chi connectivity index (χ0n) is 25.2. The molecule has 3 heteroatoms. The van der Waals surface area contributed by atoms with Crippen molar-refractivity contribution in [3.63, 3.8) is 0 Å². The molecule has 0 unspecified atom stereocenters. The molecule has 0 fully saturated rings. The van der Waals surface area contributed by atoms with E-state index in [-0.39, 0.29) is 0 Å². The molecule has 2 nitrogen and oxygen atoms in total. The standard InChI is InChI=1S/C42H30N2S/c1-26(2)29-16-10-17-31(27-12-4-3-5-13-27)39(29)44-38-21-9-8-20-37(38)43-42(44)36-19-11-18-33-35-25-24-32-30-15-7-6-14-28(30)22-23-34(32)40(35)45-41(33)36/h3-26H,1-2H3. The van der Waals surface area contributed by atoms with Crippen LogP contribution in [0.1, 0.15) is 25.3 Å². The van der Waals surface area contributed by atoms with Crippen molar-refractivity contribution in [3.8, 4) is 28.2 Å². The first-order valence-corrected chi connectivity index (χ1v) is 16.4. The van der Waals surface area contributed by atoms with Crippen molar-refractivity contribution in [1.82, 2.24) is 9.55 Å². The van der Waals surface area contributed by atoms with Crippen LogP contribution in [0.4, 0.5) is 0 Å². The van der Waals surface area contributed by atoms with Crippen LogP contribution < -0.4 is 0 Å². The van der Waals surface area contributed by atoms with Gasteiger partial charge in [-0.3, -0.25) is 4.57 Å². The van der Waals surface area contributed by atoms with Crippen LogP contribution in [0, 0.1) is 0 Å². The van der Waals surface area contributed by atoms with Gasteiger partial charge in [-0.05, 0) is 51.4 Å². The van der Waals surface area contributed by atoms with Gasteiger partial charge >= 0.3 is 0 Å². The van der Waals surface area contributed by atoms with E-state index in [1.54, 1.807) is 0 Å². The maximum absolute atomic E-state index is 5.39. The van der Waals surface area contributed by atoms with Crippen LogP contribution in [0.5, 0.6) is 0 Å². The van der Waals surface area contributed by atoms with Gasteiger partial charge in [0.1, 0.15) is 5.82 Å². The van der Waals surface area contributed by atoms with Gasteiger partial charge in [0.25, 0.3) is 0 Å². The minimum Gasteiger partial charge on any atom is -0.291 e. The molecular weight excluding hydrogens is 565 g/mol. The van der Waals surface area contributed by atoms with Gasteiger partial charge in [0.15, 0.2) is 0 Å². The van der Waals surface area contributed by atoms with E-state index in [9.17, 15) is 0 Å². The van der Waals surface area contributed by atoms with Gasteiger partial charge in [0.05, 0.1) is 16.7 Å². The summed E-state index contributed by atoms with van der Waals surface area (Å²) in [5, 5.41) is 7.77. The molecule has 7 aromatic carbocycles. The lowest BCUT2D eigenvalue weighted by atomic mass is 9.93. The first-order chi connectivity index (χ1) is 22.2. The minimum atomic E-state index is 0.332. The second kappa shape index (κ2) is 10.2. The van der Waals surface area contributed by atoms with E-state index < -0.39 is 0 Å². The minimum absolute atomic E-state index is 0.332. The lowest BCUT2D eigenvalue weighted by Crippen LogP contribution is -2.06. The van der Waals surface area contributed by atoms with Crippen molar-refractivity contribution in [2.75, 3.05) is 0 Å². The number of benzene rings is 7. The average molecular weight is 595 g/mol. The summed E-state index contributed by atoms with van der Waals surface area (Å²) in [7, 11) is 0. The molecule has 2 aromatic heterocycles. The van der Waals surface area contributed by atoms with Crippen molar-refractivity contribution < 1.29 is 0 Å². The van der Waals surface area contributed by atoms with Gasteiger partial charge in [0, 0.05) is 36.7 Å². The lowest BCUT2D eigenvalue weighted by Gasteiger charge is -2.21. The summed E-state index contributed by atoms with van der Waals surface area (Å²) in [6, 6.07) is 50.7. The third-order valence-corrected chi connectivity index (χ3v) is 10.5. The Hall–Kier alpha value is -5.25. The summed E-state index contributed by atoms with van der Waals surface area (Å²) in [5.41, 5.74) is 8.22. The molecule has 0 bridgehead atoms. The highest BCUT2D eigenvalue weighted by Gasteiger charge is 2.23. The molecule has 0 aliphatic heterocycles. The average Bonchev–Trinajstić information content (AvgIpc) is 3.67. The smallest absolute Gasteiger partial charge is 0.147 e. The van der Waals surface area contributed by atoms with E-state index in [0.717, 1.165) is 22.4 Å². The number of imidazole rings is 1. The molecule has 0 atom stereocenters. The zero-order chi connectivity index (χ0) is 30.1. The van der Waals surface area contributed by atoms with Crippen LogP contribution >= 0.6 is 11.3 Å². The van der Waals surface area contributed by atoms with Crippen LogP contribution in [0.15, 0.2) is 140 Å². The molecule has 0 spiro atoms. The highest BCUT2D eigenvalue weighted by molar-refractivity contribution is 7.27. The molecule has 9 rings (SSSR count). The second-order valence-electron chi connectivity index (χ2n) is 12.1. The van der Waals surface area contributed by atoms with Gasteiger partial charge in [0.2, 0.25) is 0 Å². The van der Waals surface area contributed by atoms with Crippen LogP contribution in [0.3, 0.4) is 0 Å². The lowest BCUT2D eigenvalue weighted by molar-refractivity contribution is 0.851. The van der Waals surface area contributed by atoms with E-state index in [1.165, 1.54) is 64.1 Å². The molecule has 45 heavy (non-hydrogen) atoms. The largest absolute Gasteiger partial charge is 0.291 e. The monoisotopic (exact) mass is 594 g/mol. The van der Waals surface area contributed by atoms with Crippen molar-refractivity contribution in [2.24, 2.45) is 0 Å². The van der Waals surface area contributed by atoms with E-state index in [4.69, 9.17) is 4.98 Å². The summed E-state index contributed by atoms with van der Waals surface area (Å²) < 4.78 is 5.03. The second-order valence-corrected chi connectivity index (χ2v) is 13.2. The molecule has 0 saturated carbocycles. The maximum atomic E-state index is 5.39. The number of nitrogens with zero attached hydrogens (tertiary/aromatic N) is 2. The Morgan fingerprint density at radius 2 is 1.20 bits per heavy atom. The predicted molar refractivity (Wildman–Crippen MR) is 194 cm³/mol. The van der Waals surface area contributed by atoms with Crippen molar-refractivity contribution in [3.05, 3.63) is 145 Å². The Morgan fingerprint density at radius 1 is 0.533 bits per heavy atom. The van der Waals surface area contributed by atoms with Gasteiger partial charge in [-0.15, -0.1) is 11.3 Å². The topological polar surface area (TPSA) is 17.8 Å². The van der Waals surface area contributed by atoms with Gasteiger partial charge in [-0.25, -0.2) is 4.98 Å². The number of rotatable bonds is 4. The molecule has 0 N–H and O–H groups in total. The SMILES string of the molecule is CC(C)c1cccc(-c2ccccc2)c1-n1c(-c2cccc3c2sc2c3ccc3c4ccccc4ccc32)nc2ccccc21. The summed E-state index contributed by atoms with van der Waals surface area (Å²) >= 11 is 1.89. The van der Waals surface area contributed by atoms with Crippen LogP contribution in [0.25, 0.3) is 81.0 Å². The first kappa shape index (κ1) is 26.2. The molecule has 0 aliphatic carbocycles. The Kier molecular flexibility index (Phi) is 5.91. The van der Waals surface area contributed by atoms with Crippen molar-refractivity contribution in [2.45, 2.75) is 19.8 Å². The van der Waals surface area contributed by atoms with Gasteiger partial charge < -0.3 is 0 Å². The number of thiophene rings is 1. The number of fused-ring (bicyclic) bond motifs is 8. The highest BCUT2D eigenvalue weighted by Crippen LogP contribution is 2.45. The Balaban J connectivity index is 1.39. The summed E-state index contributed by atoms with van der Waals surface area (Å²) in [5.74, 6) is 1.31. The van der Waals surface area contributed by atoms with E-state index in [0.29, 0.717) is 5.92 Å². The van der Waals surface area contributed by atoms with Crippen LogP contribution in [-0.2, 0) is 0 Å². The number of para-hydroxylation sites is 3. The normalized spacial score (nSPS) is 12.0. The molecule has 0 aliphatic rings. The fourth-order valence-electron chi connectivity index (χ4n) is 7.08. The highest BCUT2D eigenvalue weighted by atomic mass is 32.1. The Morgan fingerprint density at radius 3 is 2.09 bits per heavy atom. The Labute approximate surface area is 265 Å². The molecule has 2 heterocycles. The molecule has 0 amide bonds. The quantitative estimate of drug-likeness (QED) is 0.185. The van der Waals surface area contributed by atoms with Crippen molar-refractivity contribution in [1.29, 1.82) is 0 Å². The van der Waals surface area contributed by atoms with Gasteiger partial charge in [-0.2, -0.15) is 0 Å². The maximum Gasteiger partial charge on any atom is 0.147 e. The Bertz CT molecular complexity index is 2570. The third-order valence-electron chi connectivity index (χ3n) is 9.19. The van der Waals surface area contributed by atoms with Crippen molar-refractivity contribution >= 4 is 64.1 Å². The third kappa shape index (κ3) is 3.97. The number of aromatic nitrogens is 2. The number of hydrogen-bond acceptors (Lipinski definition) is 2. The molecular formula is C42H30N2S. The fraction of sp³-hybridized carbons (Fsp3) is 0.0714. The van der Waals surface area contributed by atoms with E-state index >= 15 is 0 Å². The number of hydrogen-bond donors (Lipinski definition) is 0. The van der Waals surface area contributed by atoms with E-state index in [2.05, 4.69) is 158 Å². The van der Waals surface area contributed by atoms with E-state index in [1.807, 2.05) is 11.3 Å². The summed E-state index contributed by atoms with van der Waals surface area (Å²) in [6.45, 7) is 4.57. The molecule has 0 radical (unpaired) electrons. The van der Waals surface area contributed by atoms with Gasteiger partial charge in [-0.1, -0.05) is 135 Å². The molecule has 0 saturated heterocycles. The molecule has 214 valence electrons. The fourth-order valence-corrected chi connectivity index (χ4v) is 8.42. The molecule has 9 aromatic rings. The first-order valence-electron chi connectivity index (χ1n) is 15.6. The zero-order valence-corrected chi connectivity index (χ0v) is 26.0. The summed E-state index contributed by atoms with van der Waals surface area (Å²) in [4.78, 5) is 5.39. The summed E-state index contributed by atoms with van der Waals surface area (Å²) in [6.07, 6.45) is 0.